The summed E-state index contributed by atoms with van der Waals surface area (Å²) in [7, 11) is 1.39. The van der Waals surface area contributed by atoms with E-state index < -0.39 is 29.4 Å². The molecule has 2 aromatic carbocycles. The molecule has 3 rings (SSSR count). The fourth-order valence-electron chi connectivity index (χ4n) is 4.27. The van der Waals surface area contributed by atoms with Crippen molar-refractivity contribution in [2.24, 2.45) is 5.92 Å². The quantitative estimate of drug-likeness (QED) is 0.465. The number of hydrogen-bond donors (Lipinski definition) is 3. The molecule has 0 aromatic heterocycles. The first-order valence-corrected chi connectivity index (χ1v) is 11.5. The van der Waals surface area contributed by atoms with Gasteiger partial charge in [0.25, 0.3) is 0 Å². The zero-order valence-corrected chi connectivity index (χ0v) is 19.8. The molecule has 182 valence electrons. The number of hydrogen-bond acceptors (Lipinski definition) is 5. The molecular formula is C26H32N2O6. The molecule has 1 aliphatic rings. The van der Waals surface area contributed by atoms with Crippen LogP contribution < -0.4 is 10.6 Å². The Morgan fingerprint density at radius 2 is 1.65 bits per heavy atom. The van der Waals surface area contributed by atoms with Crippen molar-refractivity contribution < 1.29 is 29.0 Å². The molecule has 0 saturated heterocycles. The van der Waals surface area contributed by atoms with E-state index in [2.05, 4.69) is 34.9 Å². The van der Waals surface area contributed by atoms with Crippen molar-refractivity contribution in [1.29, 1.82) is 0 Å². The van der Waals surface area contributed by atoms with Gasteiger partial charge in [-0.15, -0.1) is 0 Å². The molecule has 0 radical (unpaired) electrons. The van der Waals surface area contributed by atoms with Crippen LogP contribution in [0.3, 0.4) is 0 Å². The van der Waals surface area contributed by atoms with Gasteiger partial charge >= 0.3 is 12.1 Å². The van der Waals surface area contributed by atoms with Gasteiger partial charge in [-0.05, 0) is 35.1 Å². The first kappa shape index (κ1) is 25.2. The number of benzene rings is 2. The van der Waals surface area contributed by atoms with Crippen LogP contribution in [0.5, 0.6) is 0 Å². The Hall–Kier alpha value is -3.39. The number of carbonyl (C=O) groups is 3. The van der Waals surface area contributed by atoms with Crippen molar-refractivity contribution in [2.75, 3.05) is 26.9 Å². The first-order chi connectivity index (χ1) is 16.3. The van der Waals surface area contributed by atoms with Gasteiger partial charge in [-0.25, -0.2) is 9.59 Å². The Morgan fingerprint density at radius 3 is 2.18 bits per heavy atom. The van der Waals surface area contributed by atoms with Crippen molar-refractivity contribution in [2.45, 2.75) is 38.1 Å². The van der Waals surface area contributed by atoms with E-state index in [4.69, 9.17) is 9.47 Å². The lowest BCUT2D eigenvalue weighted by Crippen LogP contribution is -2.58. The third-order valence-corrected chi connectivity index (χ3v) is 6.40. The SMILES string of the molecule is CCC(COC)(NC(=O)C(C)CCNC(=O)OCC1c2ccccc2-c2ccccc21)C(=O)O. The van der Waals surface area contributed by atoms with Gasteiger partial charge in [0.05, 0.1) is 6.61 Å². The molecular weight excluding hydrogens is 436 g/mol. The van der Waals surface area contributed by atoms with Crippen LogP contribution in [-0.4, -0.2) is 55.5 Å². The van der Waals surface area contributed by atoms with Gasteiger partial charge in [-0.2, -0.15) is 0 Å². The van der Waals surface area contributed by atoms with E-state index in [-0.39, 0.29) is 32.1 Å². The summed E-state index contributed by atoms with van der Waals surface area (Å²) in [5.74, 6) is -2.08. The van der Waals surface area contributed by atoms with Crippen molar-refractivity contribution in [3.63, 3.8) is 0 Å². The summed E-state index contributed by atoms with van der Waals surface area (Å²) in [6.45, 7) is 3.67. The first-order valence-electron chi connectivity index (χ1n) is 11.5. The van der Waals surface area contributed by atoms with E-state index in [1.807, 2.05) is 24.3 Å². The molecule has 8 heteroatoms. The number of fused-ring (bicyclic) bond motifs is 3. The maximum atomic E-state index is 12.5. The Morgan fingerprint density at radius 1 is 1.06 bits per heavy atom. The second-order valence-corrected chi connectivity index (χ2v) is 8.61. The molecule has 2 atom stereocenters. The van der Waals surface area contributed by atoms with Crippen molar-refractivity contribution in [1.82, 2.24) is 10.6 Å². The second-order valence-electron chi connectivity index (χ2n) is 8.61. The number of carboxylic acid groups (broad SMARTS) is 1. The number of alkyl carbamates (subject to hydrolysis) is 1. The lowest BCUT2D eigenvalue weighted by Gasteiger charge is -2.29. The smallest absolute Gasteiger partial charge is 0.407 e. The van der Waals surface area contributed by atoms with Crippen molar-refractivity contribution >= 4 is 18.0 Å². The monoisotopic (exact) mass is 468 g/mol. The van der Waals surface area contributed by atoms with Gasteiger partial charge in [0.15, 0.2) is 5.54 Å². The summed E-state index contributed by atoms with van der Waals surface area (Å²) in [5, 5.41) is 14.8. The molecule has 2 aromatic rings. The van der Waals surface area contributed by atoms with Crippen LogP contribution in [0.1, 0.15) is 43.7 Å². The molecule has 3 N–H and O–H groups in total. The minimum absolute atomic E-state index is 0.0261. The molecule has 0 fully saturated rings. The Bertz CT molecular complexity index is 994. The summed E-state index contributed by atoms with van der Waals surface area (Å²) < 4.78 is 10.5. The average Bonchev–Trinajstić information content (AvgIpc) is 3.15. The molecule has 0 spiro atoms. The third kappa shape index (κ3) is 5.39. The van der Waals surface area contributed by atoms with E-state index in [0.717, 1.165) is 22.3 Å². The number of aliphatic carboxylic acids is 1. The van der Waals surface area contributed by atoms with Crippen LogP contribution in [0, 0.1) is 5.92 Å². The summed E-state index contributed by atoms with van der Waals surface area (Å²) >= 11 is 0. The Balaban J connectivity index is 1.49. The van der Waals surface area contributed by atoms with Gasteiger partial charge in [-0.3, -0.25) is 4.79 Å². The lowest BCUT2D eigenvalue weighted by molar-refractivity contribution is -0.151. The van der Waals surface area contributed by atoms with Gasteiger partial charge in [0, 0.05) is 25.5 Å². The van der Waals surface area contributed by atoms with E-state index in [9.17, 15) is 19.5 Å². The highest BCUT2D eigenvalue weighted by molar-refractivity contribution is 5.88. The Kier molecular flexibility index (Phi) is 8.28. The highest BCUT2D eigenvalue weighted by Crippen LogP contribution is 2.44. The van der Waals surface area contributed by atoms with Gasteiger partial charge < -0.3 is 25.2 Å². The summed E-state index contributed by atoms with van der Waals surface area (Å²) in [6.07, 6.45) is -0.0306. The van der Waals surface area contributed by atoms with E-state index >= 15 is 0 Å². The van der Waals surface area contributed by atoms with Crippen molar-refractivity contribution in [3.05, 3.63) is 59.7 Å². The van der Waals surface area contributed by atoms with Crippen LogP contribution in [0.4, 0.5) is 4.79 Å². The minimum Gasteiger partial charge on any atom is -0.479 e. The lowest BCUT2D eigenvalue weighted by atomic mass is 9.95. The highest BCUT2D eigenvalue weighted by Gasteiger charge is 2.39. The minimum atomic E-state index is -1.47. The van der Waals surface area contributed by atoms with Crippen LogP contribution in [0.25, 0.3) is 11.1 Å². The van der Waals surface area contributed by atoms with E-state index in [1.165, 1.54) is 7.11 Å². The molecule has 34 heavy (non-hydrogen) atoms. The molecule has 2 amide bonds. The molecule has 2 unspecified atom stereocenters. The number of ether oxygens (including phenoxy) is 2. The van der Waals surface area contributed by atoms with Gasteiger partial charge in [0.2, 0.25) is 5.91 Å². The summed E-state index contributed by atoms with van der Waals surface area (Å²) in [6, 6.07) is 16.2. The molecule has 8 nitrogen and oxygen atoms in total. The average molecular weight is 469 g/mol. The molecule has 1 aliphatic carbocycles. The van der Waals surface area contributed by atoms with Gasteiger partial charge in [0.1, 0.15) is 6.61 Å². The molecule has 0 saturated carbocycles. The second kappa shape index (κ2) is 11.2. The maximum absolute atomic E-state index is 12.5. The van der Waals surface area contributed by atoms with Crippen molar-refractivity contribution in [3.8, 4) is 11.1 Å². The van der Waals surface area contributed by atoms with Crippen LogP contribution in [0.2, 0.25) is 0 Å². The molecule has 0 aliphatic heterocycles. The maximum Gasteiger partial charge on any atom is 0.407 e. The number of nitrogens with one attached hydrogen (secondary N) is 2. The predicted molar refractivity (Wildman–Crippen MR) is 128 cm³/mol. The summed E-state index contributed by atoms with van der Waals surface area (Å²) in [4.78, 5) is 36.5. The third-order valence-electron chi connectivity index (χ3n) is 6.40. The number of methoxy groups -OCH3 is 1. The zero-order valence-electron chi connectivity index (χ0n) is 19.8. The van der Waals surface area contributed by atoms with Crippen LogP contribution >= 0.6 is 0 Å². The number of carbonyl (C=O) groups excluding carboxylic acids is 2. The topological polar surface area (TPSA) is 114 Å². The van der Waals surface area contributed by atoms with Gasteiger partial charge in [-0.1, -0.05) is 62.4 Å². The zero-order chi connectivity index (χ0) is 24.7. The number of rotatable bonds is 11. The summed E-state index contributed by atoms with van der Waals surface area (Å²) in [5.41, 5.74) is 3.11. The number of amides is 2. The Labute approximate surface area is 199 Å². The highest BCUT2D eigenvalue weighted by atomic mass is 16.5. The van der Waals surface area contributed by atoms with E-state index in [1.54, 1.807) is 13.8 Å². The fraction of sp³-hybridized carbons (Fsp3) is 0.423. The van der Waals surface area contributed by atoms with Crippen LogP contribution in [0.15, 0.2) is 48.5 Å². The standard InChI is InChI=1S/C26H32N2O6/c1-4-26(16-33-3,24(30)31)28-23(29)17(2)13-14-27-25(32)34-15-22-20-11-7-5-9-18(20)19-10-6-8-12-21(19)22/h5-12,17,22H,4,13-16H2,1-3H3,(H,27,32)(H,28,29)(H,30,31). The van der Waals surface area contributed by atoms with Crippen LogP contribution in [-0.2, 0) is 19.1 Å². The molecule has 0 bridgehead atoms. The van der Waals surface area contributed by atoms with E-state index in [0.29, 0.717) is 6.42 Å². The fourth-order valence-corrected chi connectivity index (χ4v) is 4.27. The predicted octanol–water partition coefficient (Wildman–Crippen LogP) is 3.55. The normalized spacial score (nSPS) is 14.9. The number of carboxylic acids is 1. The largest absolute Gasteiger partial charge is 0.479 e. The molecule has 0 heterocycles.